The number of hydrogen-bond acceptors (Lipinski definition) is 8. The van der Waals surface area contributed by atoms with Crippen LogP contribution in [-0.4, -0.2) is 75.5 Å². The maximum Gasteiger partial charge on any atom is 0.328 e. The van der Waals surface area contributed by atoms with E-state index in [4.69, 9.17) is 27.6 Å². The van der Waals surface area contributed by atoms with Gasteiger partial charge in [0, 0.05) is 13.3 Å². The van der Waals surface area contributed by atoms with Gasteiger partial charge in [-0.2, -0.15) is 0 Å². The minimum atomic E-state index is -3.70. The van der Waals surface area contributed by atoms with E-state index >= 15 is 0 Å². The van der Waals surface area contributed by atoms with Gasteiger partial charge in [0.05, 0.1) is 25.4 Å². The molecule has 0 bridgehead atoms. The van der Waals surface area contributed by atoms with Gasteiger partial charge in [0.25, 0.3) is 0 Å². The first-order chi connectivity index (χ1) is 12.0. The molecule has 152 valence electrons. The molecule has 0 radical (unpaired) electrons. The van der Waals surface area contributed by atoms with Crippen molar-refractivity contribution in [2.45, 2.75) is 62.8 Å². The van der Waals surface area contributed by atoms with E-state index < -0.39 is 64.2 Å². The van der Waals surface area contributed by atoms with Gasteiger partial charge in [-0.25, -0.2) is 8.78 Å². The van der Waals surface area contributed by atoms with E-state index in [0.717, 1.165) is 0 Å². The minimum absolute atomic E-state index is 0.325. The SMILES string of the molecule is C[C@@H]1O[C@@H]2COP(C)(=O)O[C@H]3[C@H](F)[C@H](C)O[C@@H]3COP(C)(=O)O[C@H]2[C@@H]1F. The topological polar surface area (TPSA) is 89.5 Å². The van der Waals surface area contributed by atoms with Crippen molar-refractivity contribution >= 4 is 15.2 Å². The van der Waals surface area contributed by atoms with Crippen molar-refractivity contribution in [2.24, 2.45) is 0 Å². The van der Waals surface area contributed by atoms with Crippen LogP contribution in [0.15, 0.2) is 0 Å². The zero-order valence-corrected chi connectivity index (χ0v) is 16.7. The highest BCUT2D eigenvalue weighted by Crippen LogP contribution is 2.53. The van der Waals surface area contributed by atoms with Crippen molar-refractivity contribution in [1.29, 1.82) is 0 Å². The van der Waals surface area contributed by atoms with Crippen LogP contribution in [-0.2, 0) is 36.7 Å². The first-order valence-electron chi connectivity index (χ1n) is 8.39. The Labute approximate surface area is 150 Å². The second-order valence-electron chi connectivity index (χ2n) is 6.92. The normalized spacial score (nSPS) is 56.2. The van der Waals surface area contributed by atoms with Crippen LogP contribution in [0, 0.1) is 0 Å². The molecule has 0 aliphatic carbocycles. The maximum atomic E-state index is 14.4. The summed E-state index contributed by atoms with van der Waals surface area (Å²) in [6, 6.07) is 0. The molecule has 0 aromatic rings. The van der Waals surface area contributed by atoms with Crippen LogP contribution in [0.4, 0.5) is 8.78 Å². The van der Waals surface area contributed by atoms with Gasteiger partial charge in [0.2, 0.25) is 0 Å². The molecule has 0 saturated carbocycles. The Hall–Kier alpha value is 0.0800. The van der Waals surface area contributed by atoms with Crippen LogP contribution in [0.2, 0.25) is 0 Å². The van der Waals surface area contributed by atoms with Crippen molar-refractivity contribution in [3.63, 3.8) is 0 Å². The van der Waals surface area contributed by atoms with Crippen LogP contribution in [0.25, 0.3) is 0 Å². The third kappa shape index (κ3) is 4.39. The molecule has 3 rings (SSSR count). The Morgan fingerprint density at radius 3 is 1.46 bits per heavy atom. The molecule has 10 atom stereocenters. The standard InChI is InChI=1S/C14H24F2O8P2/c1-7-11(15)13-9(21-7)5-19-26(4,18)24-14-10(22-8(2)12(14)16)6-20-25(3,17)23-13/h7-14H,5-6H2,1-4H3/t7-,8-,9+,10+,11+,12+,13+,14+,25?,26?/m0/s1. The Morgan fingerprint density at radius 1 is 0.769 bits per heavy atom. The van der Waals surface area contributed by atoms with Gasteiger partial charge in [-0.3, -0.25) is 18.2 Å². The van der Waals surface area contributed by atoms with E-state index in [1.54, 1.807) is 0 Å². The second-order valence-corrected chi connectivity index (χ2v) is 10.9. The fourth-order valence-corrected chi connectivity index (χ4v) is 5.59. The van der Waals surface area contributed by atoms with Crippen molar-refractivity contribution in [3.05, 3.63) is 0 Å². The number of halogens is 2. The number of alkyl halides is 2. The van der Waals surface area contributed by atoms with Gasteiger partial charge in [-0.05, 0) is 13.8 Å². The fourth-order valence-electron chi connectivity index (χ4n) is 3.24. The van der Waals surface area contributed by atoms with Crippen molar-refractivity contribution in [3.8, 4) is 0 Å². The van der Waals surface area contributed by atoms with Gasteiger partial charge in [-0.1, -0.05) is 0 Å². The summed E-state index contributed by atoms with van der Waals surface area (Å²) in [5, 5.41) is 0. The van der Waals surface area contributed by atoms with E-state index in [9.17, 15) is 17.9 Å². The van der Waals surface area contributed by atoms with Crippen LogP contribution >= 0.6 is 15.2 Å². The van der Waals surface area contributed by atoms with Gasteiger partial charge in [0.1, 0.15) is 24.4 Å². The Morgan fingerprint density at radius 2 is 1.12 bits per heavy atom. The molecule has 3 aliphatic rings. The zero-order valence-electron chi connectivity index (χ0n) is 14.9. The van der Waals surface area contributed by atoms with Gasteiger partial charge in [-0.15, -0.1) is 0 Å². The highest BCUT2D eigenvalue weighted by atomic mass is 31.2. The highest BCUT2D eigenvalue weighted by molar-refractivity contribution is 7.53. The Bertz CT molecular complexity index is 570. The average molecular weight is 420 g/mol. The number of rotatable bonds is 0. The number of fused-ring (bicyclic) bond motifs is 2. The molecule has 3 heterocycles. The summed E-state index contributed by atoms with van der Waals surface area (Å²) < 4.78 is 86.1. The molecule has 0 spiro atoms. The van der Waals surface area contributed by atoms with E-state index in [2.05, 4.69) is 0 Å². The van der Waals surface area contributed by atoms with Gasteiger partial charge < -0.3 is 18.5 Å². The molecular weight excluding hydrogens is 396 g/mol. The molecule has 3 saturated heterocycles. The third-order valence-electron chi connectivity index (χ3n) is 4.61. The molecular formula is C14H24F2O8P2. The summed E-state index contributed by atoms with van der Waals surface area (Å²) in [6.45, 7) is 4.73. The first kappa shape index (κ1) is 20.8. The lowest BCUT2D eigenvalue weighted by Gasteiger charge is -2.29. The third-order valence-corrected chi connectivity index (χ3v) is 7.10. The molecule has 0 aromatic heterocycles. The van der Waals surface area contributed by atoms with Crippen molar-refractivity contribution in [2.75, 3.05) is 26.5 Å². The minimum Gasteiger partial charge on any atom is -0.367 e. The molecule has 0 aromatic carbocycles. The number of ether oxygens (including phenoxy) is 2. The summed E-state index contributed by atoms with van der Waals surface area (Å²) in [5.41, 5.74) is 0. The molecule has 2 unspecified atom stereocenters. The molecule has 12 heteroatoms. The van der Waals surface area contributed by atoms with Crippen LogP contribution < -0.4 is 0 Å². The second kappa shape index (κ2) is 7.48. The summed E-state index contributed by atoms with van der Waals surface area (Å²) in [4.78, 5) is 0. The lowest BCUT2D eigenvalue weighted by atomic mass is 10.1. The maximum absolute atomic E-state index is 14.4. The van der Waals surface area contributed by atoms with Crippen LogP contribution in [0.5, 0.6) is 0 Å². The largest absolute Gasteiger partial charge is 0.367 e. The predicted octanol–water partition coefficient (Wildman–Crippen LogP) is 2.70. The van der Waals surface area contributed by atoms with E-state index in [0.29, 0.717) is 0 Å². The van der Waals surface area contributed by atoms with E-state index in [-0.39, 0.29) is 13.2 Å². The van der Waals surface area contributed by atoms with Gasteiger partial charge in [0.15, 0.2) is 12.3 Å². The molecule has 26 heavy (non-hydrogen) atoms. The van der Waals surface area contributed by atoms with Crippen LogP contribution in [0.3, 0.4) is 0 Å². The van der Waals surface area contributed by atoms with E-state index in [1.807, 2.05) is 0 Å². The monoisotopic (exact) mass is 420 g/mol. The smallest absolute Gasteiger partial charge is 0.328 e. The Kier molecular flexibility index (Phi) is 5.99. The van der Waals surface area contributed by atoms with Crippen LogP contribution in [0.1, 0.15) is 13.8 Å². The molecule has 0 N–H and O–H groups in total. The molecule has 0 amide bonds. The highest BCUT2D eigenvalue weighted by Gasteiger charge is 2.51. The summed E-state index contributed by atoms with van der Waals surface area (Å²) in [6.07, 6.45) is -9.11. The summed E-state index contributed by atoms with van der Waals surface area (Å²) in [5.74, 6) is 0. The average Bonchev–Trinajstić information content (AvgIpc) is 2.95. The fraction of sp³-hybridized carbons (Fsp3) is 1.00. The molecule has 3 fully saturated rings. The zero-order chi connectivity index (χ0) is 19.3. The van der Waals surface area contributed by atoms with Crippen molar-refractivity contribution in [1.82, 2.24) is 0 Å². The summed E-state index contributed by atoms with van der Waals surface area (Å²) in [7, 11) is -7.39. The lowest BCUT2D eigenvalue weighted by molar-refractivity contribution is -0.0357. The van der Waals surface area contributed by atoms with Gasteiger partial charge >= 0.3 is 15.2 Å². The Balaban J connectivity index is 1.85. The lowest BCUT2D eigenvalue weighted by Crippen LogP contribution is -2.37. The molecule has 3 aliphatic heterocycles. The predicted molar refractivity (Wildman–Crippen MR) is 87.2 cm³/mol. The van der Waals surface area contributed by atoms with E-state index in [1.165, 1.54) is 27.2 Å². The quantitative estimate of drug-likeness (QED) is 0.553. The van der Waals surface area contributed by atoms with Crippen molar-refractivity contribution < 1.29 is 45.5 Å². The molecule has 8 nitrogen and oxygen atoms in total. The first-order valence-corrected chi connectivity index (χ1v) is 12.4. The summed E-state index contributed by atoms with van der Waals surface area (Å²) >= 11 is 0. The number of hydrogen-bond donors (Lipinski definition) is 0.